The van der Waals surface area contributed by atoms with Crippen molar-refractivity contribution in [2.24, 2.45) is 0 Å². The standard InChI is InChI=1S/C12H16N4O/c1-4-9(3)7-15-8-13-10-6-14-16(5-2)11(10)12(15)17/h6,8H,3-5,7H2,1-2H3. The van der Waals surface area contributed by atoms with Gasteiger partial charge in [-0.2, -0.15) is 5.10 Å². The molecular formula is C12H16N4O. The molecule has 2 aromatic heterocycles. The minimum Gasteiger partial charge on any atom is -0.293 e. The van der Waals surface area contributed by atoms with Crippen LogP contribution in [0, 0.1) is 0 Å². The highest BCUT2D eigenvalue weighted by atomic mass is 16.1. The van der Waals surface area contributed by atoms with Gasteiger partial charge in [0.15, 0.2) is 5.52 Å². The molecule has 0 spiro atoms. The van der Waals surface area contributed by atoms with Crippen molar-refractivity contribution in [1.29, 1.82) is 0 Å². The zero-order valence-electron chi connectivity index (χ0n) is 10.2. The molecule has 17 heavy (non-hydrogen) atoms. The molecule has 0 unspecified atom stereocenters. The average molecular weight is 232 g/mol. The van der Waals surface area contributed by atoms with Gasteiger partial charge in [0.25, 0.3) is 5.56 Å². The van der Waals surface area contributed by atoms with Gasteiger partial charge in [-0.3, -0.25) is 14.0 Å². The van der Waals surface area contributed by atoms with E-state index in [9.17, 15) is 4.79 Å². The van der Waals surface area contributed by atoms with Crippen LogP contribution in [-0.2, 0) is 13.1 Å². The van der Waals surface area contributed by atoms with Crippen molar-refractivity contribution >= 4 is 11.0 Å². The first-order valence-corrected chi connectivity index (χ1v) is 5.75. The van der Waals surface area contributed by atoms with Gasteiger partial charge in [0.1, 0.15) is 5.52 Å². The maximum absolute atomic E-state index is 12.2. The van der Waals surface area contributed by atoms with E-state index in [-0.39, 0.29) is 5.56 Å². The second-order valence-corrected chi connectivity index (χ2v) is 3.98. The Morgan fingerprint density at radius 1 is 1.47 bits per heavy atom. The van der Waals surface area contributed by atoms with Crippen molar-refractivity contribution in [3.05, 3.63) is 35.0 Å². The SMILES string of the molecule is C=C(CC)Cn1cnc2cnn(CC)c2c1=O. The van der Waals surface area contributed by atoms with Crippen molar-refractivity contribution in [2.75, 3.05) is 0 Å². The zero-order valence-corrected chi connectivity index (χ0v) is 10.2. The highest BCUT2D eigenvalue weighted by Gasteiger charge is 2.09. The van der Waals surface area contributed by atoms with E-state index >= 15 is 0 Å². The van der Waals surface area contributed by atoms with Crippen LogP contribution in [0.5, 0.6) is 0 Å². The van der Waals surface area contributed by atoms with Gasteiger partial charge >= 0.3 is 0 Å². The van der Waals surface area contributed by atoms with E-state index in [0.29, 0.717) is 24.1 Å². The maximum Gasteiger partial charge on any atom is 0.279 e. The van der Waals surface area contributed by atoms with Gasteiger partial charge in [-0.1, -0.05) is 19.1 Å². The molecule has 0 aliphatic carbocycles. The smallest absolute Gasteiger partial charge is 0.279 e. The van der Waals surface area contributed by atoms with Gasteiger partial charge in [-0.15, -0.1) is 0 Å². The van der Waals surface area contributed by atoms with Crippen LogP contribution in [-0.4, -0.2) is 19.3 Å². The monoisotopic (exact) mass is 232 g/mol. The van der Waals surface area contributed by atoms with Crippen LogP contribution in [0.3, 0.4) is 0 Å². The summed E-state index contributed by atoms with van der Waals surface area (Å²) in [4.78, 5) is 16.5. The van der Waals surface area contributed by atoms with Crippen molar-refractivity contribution < 1.29 is 0 Å². The Morgan fingerprint density at radius 3 is 2.88 bits per heavy atom. The summed E-state index contributed by atoms with van der Waals surface area (Å²) in [6.07, 6.45) is 4.05. The number of aromatic nitrogens is 4. The molecule has 0 fully saturated rings. The Kier molecular flexibility index (Phi) is 3.08. The summed E-state index contributed by atoms with van der Waals surface area (Å²) in [7, 11) is 0. The lowest BCUT2D eigenvalue weighted by molar-refractivity contribution is 0.665. The Morgan fingerprint density at radius 2 is 2.24 bits per heavy atom. The summed E-state index contributed by atoms with van der Waals surface area (Å²) in [5.41, 5.74) is 2.17. The first-order chi connectivity index (χ1) is 8.17. The molecule has 0 aliphatic heterocycles. The summed E-state index contributed by atoms with van der Waals surface area (Å²) in [5, 5.41) is 4.13. The molecule has 0 radical (unpaired) electrons. The van der Waals surface area contributed by atoms with Crippen LogP contribution in [0.15, 0.2) is 29.5 Å². The van der Waals surface area contributed by atoms with Crippen LogP contribution in [0.2, 0.25) is 0 Å². The Balaban J connectivity index is 2.56. The third-order valence-electron chi connectivity index (χ3n) is 2.81. The molecule has 0 saturated heterocycles. The quantitative estimate of drug-likeness (QED) is 0.752. The second kappa shape index (κ2) is 4.53. The van der Waals surface area contributed by atoms with E-state index in [1.807, 2.05) is 13.8 Å². The molecule has 2 heterocycles. The lowest BCUT2D eigenvalue weighted by Crippen LogP contribution is -2.23. The minimum absolute atomic E-state index is 0.0519. The summed E-state index contributed by atoms with van der Waals surface area (Å²) in [6, 6.07) is 0. The number of nitrogens with zero attached hydrogens (tertiary/aromatic N) is 4. The number of fused-ring (bicyclic) bond motifs is 1. The molecule has 0 aliphatic rings. The van der Waals surface area contributed by atoms with Crippen molar-refractivity contribution in [3.8, 4) is 0 Å². The summed E-state index contributed by atoms with van der Waals surface area (Å²) in [6.45, 7) is 9.07. The normalized spacial score (nSPS) is 10.9. The highest BCUT2D eigenvalue weighted by Crippen LogP contribution is 2.06. The Hall–Kier alpha value is -1.91. The van der Waals surface area contributed by atoms with Crippen molar-refractivity contribution in [2.45, 2.75) is 33.4 Å². The van der Waals surface area contributed by atoms with Gasteiger partial charge in [-0.05, 0) is 13.3 Å². The van der Waals surface area contributed by atoms with Gasteiger partial charge in [-0.25, -0.2) is 4.98 Å². The van der Waals surface area contributed by atoms with Crippen LogP contribution in [0.1, 0.15) is 20.3 Å². The molecule has 2 rings (SSSR count). The number of rotatable bonds is 4. The summed E-state index contributed by atoms with van der Waals surface area (Å²) in [5.74, 6) is 0. The Bertz CT molecular complexity index is 608. The van der Waals surface area contributed by atoms with E-state index in [1.54, 1.807) is 21.8 Å². The second-order valence-electron chi connectivity index (χ2n) is 3.98. The molecule has 0 saturated carbocycles. The number of aryl methyl sites for hydroxylation is 1. The fraction of sp³-hybridized carbons (Fsp3) is 0.417. The molecule has 0 amide bonds. The average Bonchev–Trinajstić information content (AvgIpc) is 2.76. The molecule has 90 valence electrons. The predicted molar refractivity (Wildman–Crippen MR) is 66.9 cm³/mol. The predicted octanol–water partition coefficient (Wildman–Crippen LogP) is 1.58. The highest BCUT2D eigenvalue weighted by molar-refractivity contribution is 5.72. The van der Waals surface area contributed by atoms with E-state index < -0.39 is 0 Å². The number of hydrogen-bond donors (Lipinski definition) is 0. The van der Waals surface area contributed by atoms with Crippen LogP contribution >= 0.6 is 0 Å². The molecule has 0 aromatic carbocycles. The first kappa shape index (κ1) is 11.6. The molecule has 0 N–H and O–H groups in total. The summed E-state index contributed by atoms with van der Waals surface area (Å²) < 4.78 is 3.26. The van der Waals surface area contributed by atoms with Crippen molar-refractivity contribution in [3.63, 3.8) is 0 Å². The van der Waals surface area contributed by atoms with Crippen LogP contribution < -0.4 is 5.56 Å². The van der Waals surface area contributed by atoms with Gasteiger partial charge in [0.2, 0.25) is 0 Å². The molecule has 0 atom stereocenters. The summed E-state index contributed by atoms with van der Waals surface area (Å²) >= 11 is 0. The lowest BCUT2D eigenvalue weighted by Gasteiger charge is -2.06. The topological polar surface area (TPSA) is 52.7 Å². The number of hydrogen-bond acceptors (Lipinski definition) is 3. The van der Waals surface area contributed by atoms with Crippen LogP contribution in [0.25, 0.3) is 11.0 Å². The maximum atomic E-state index is 12.2. The van der Waals surface area contributed by atoms with Gasteiger partial charge in [0, 0.05) is 13.1 Å². The Labute approximate surface area is 99.4 Å². The number of allylic oxidation sites excluding steroid dienone is 1. The van der Waals surface area contributed by atoms with E-state index in [4.69, 9.17) is 0 Å². The van der Waals surface area contributed by atoms with Gasteiger partial charge in [0.05, 0.1) is 12.5 Å². The van der Waals surface area contributed by atoms with Crippen LogP contribution in [0.4, 0.5) is 0 Å². The molecular weight excluding hydrogens is 216 g/mol. The fourth-order valence-electron chi connectivity index (χ4n) is 1.72. The molecule has 5 heteroatoms. The van der Waals surface area contributed by atoms with Crippen molar-refractivity contribution in [1.82, 2.24) is 19.3 Å². The molecule has 0 bridgehead atoms. The van der Waals surface area contributed by atoms with E-state index in [0.717, 1.165) is 12.0 Å². The third-order valence-corrected chi connectivity index (χ3v) is 2.81. The molecule has 2 aromatic rings. The zero-order chi connectivity index (χ0) is 12.4. The fourth-order valence-corrected chi connectivity index (χ4v) is 1.72. The third kappa shape index (κ3) is 2.00. The first-order valence-electron chi connectivity index (χ1n) is 5.75. The van der Waals surface area contributed by atoms with E-state index in [1.165, 1.54) is 0 Å². The van der Waals surface area contributed by atoms with E-state index in [2.05, 4.69) is 16.7 Å². The lowest BCUT2D eigenvalue weighted by atomic mass is 10.2. The molecule has 5 nitrogen and oxygen atoms in total. The largest absolute Gasteiger partial charge is 0.293 e. The minimum atomic E-state index is -0.0519. The van der Waals surface area contributed by atoms with Gasteiger partial charge < -0.3 is 0 Å².